The normalized spacial score (nSPS) is 22.5. The summed E-state index contributed by atoms with van der Waals surface area (Å²) in [6.45, 7) is 4.19. The average Bonchev–Trinajstić information content (AvgIpc) is 2.38. The van der Waals surface area contributed by atoms with E-state index in [1.807, 2.05) is 20.8 Å². The predicted octanol–water partition coefficient (Wildman–Crippen LogP) is -0.00620. The minimum atomic E-state index is -1.98. The summed E-state index contributed by atoms with van der Waals surface area (Å²) in [5, 5.41) is 0. The fourth-order valence-electron chi connectivity index (χ4n) is 2.38. The van der Waals surface area contributed by atoms with Crippen molar-refractivity contribution in [2.24, 2.45) is 0 Å². The van der Waals surface area contributed by atoms with Gasteiger partial charge in [-0.3, -0.25) is 9.69 Å². The molecule has 1 aromatic rings. The summed E-state index contributed by atoms with van der Waals surface area (Å²) in [4.78, 5) is 17.9. The van der Waals surface area contributed by atoms with Crippen molar-refractivity contribution < 1.29 is 13.9 Å². The predicted molar refractivity (Wildman–Crippen MR) is 74.5 cm³/mol. The lowest BCUT2D eigenvalue weighted by atomic mass is 9.88. The van der Waals surface area contributed by atoms with Crippen LogP contribution in [0.25, 0.3) is 0 Å². The highest BCUT2D eigenvalue weighted by Crippen LogP contribution is 2.33. The van der Waals surface area contributed by atoms with Crippen LogP contribution in [0.1, 0.15) is 19.4 Å². The van der Waals surface area contributed by atoms with Crippen LogP contribution in [0.4, 0.5) is 10.2 Å². The van der Waals surface area contributed by atoms with Crippen LogP contribution in [0.3, 0.4) is 0 Å². The number of ether oxygens (including phenoxy) is 1. The van der Waals surface area contributed by atoms with Crippen LogP contribution in [0.5, 0.6) is 0 Å². The number of halogens is 1. The molecule has 0 aromatic carbocycles. The molecule has 2 heterocycles. The topological polar surface area (TPSA) is 42.4 Å². The number of hydrogen-bond donors (Lipinski definition) is 0. The molecule has 0 saturated heterocycles. The van der Waals surface area contributed by atoms with E-state index < -0.39 is 11.6 Å². The quantitative estimate of drug-likeness (QED) is 0.718. The van der Waals surface area contributed by atoms with E-state index in [-0.39, 0.29) is 13.0 Å². The van der Waals surface area contributed by atoms with Crippen molar-refractivity contribution in [3.63, 3.8) is 0 Å². The highest BCUT2D eigenvalue weighted by Gasteiger charge is 2.47. The Morgan fingerprint density at radius 3 is 2.95 bits per heavy atom. The Bertz CT molecular complexity index is 498. The second-order valence-corrected chi connectivity index (χ2v) is 4.82. The van der Waals surface area contributed by atoms with Crippen LogP contribution in [-0.4, -0.2) is 44.2 Å². The van der Waals surface area contributed by atoms with Crippen LogP contribution in [0.2, 0.25) is 0 Å². The molecule has 1 aromatic heterocycles. The number of carbonyl (C=O) groups excluding carboxylic acids is 1. The number of pyridine rings is 1. The molecule has 0 radical (unpaired) electrons. The minimum absolute atomic E-state index is 0.0341. The first-order valence-electron chi connectivity index (χ1n) is 6.56. The highest BCUT2D eigenvalue weighted by atomic mass is 19.1. The number of anilines is 1. The van der Waals surface area contributed by atoms with E-state index in [1.54, 1.807) is 13.1 Å². The van der Waals surface area contributed by atoms with Gasteiger partial charge in [-0.2, -0.15) is 0 Å². The first-order chi connectivity index (χ1) is 9.01. The largest absolute Gasteiger partial charge is 0.378 e. The first kappa shape index (κ1) is 14.0. The molecule has 1 amide bonds. The van der Waals surface area contributed by atoms with Gasteiger partial charge < -0.3 is 4.74 Å². The molecule has 19 heavy (non-hydrogen) atoms. The lowest BCUT2D eigenvalue weighted by Crippen LogP contribution is -2.54. The van der Waals surface area contributed by atoms with Crippen molar-refractivity contribution in [3.05, 3.63) is 17.8 Å². The second-order valence-electron chi connectivity index (χ2n) is 4.82. The van der Waals surface area contributed by atoms with E-state index in [4.69, 9.17) is 4.74 Å². The van der Waals surface area contributed by atoms with Gasteiger partial charge >= 0.3 is 0 Å². The molecular weight excluding hydrogens is 246 g/mol. The lowest BCUT2D eigenvalue weighted by Gasteiger charge is -2.36. The van der Waals surface area contributed by atoms with Gasteiger partial charge in [0.15, 0.2) is 0 Å². The van der Waals surface area contributed by atoms with E-state index in [9.17, 15) is 9.18 Å². The fourth-order valence-corrected chi connectivity index (χ4v) is 2.38. The summed E-state index contributed by atoms with van der Waals surface area (Å²) in [6.07, 6.45) is 1.73. The molecule has 1 unspecified atom stereocenters. The summed E-state index contributed by atoms with van der Waals surface area (Å²) >= 11 is 0. The summed E-state index contributed by atoms with van der Waals surface area (Å²) < 4.78 is 20.0. The molecule has 0 spiro atoms. The summed E-state index contributed by atoms with van der Waals surface area (Å²) in [5.74, 6) is 0.0233. The molecule has 6 heteroatoms. The molecule has 0 fully saturated rings. The zero-order chi connectivity index (χ0) is 14.0. The standard InChI is InChI=1S/C13H18BFN2O2/c1-3-17-11-9(5-10(14)7-16-11)6-13(15,12(17)18)8-19-4-2/h5,7H,3-4,6,8,14H2,1-2H3. The van der Waals surface area contributed by atoms with E-state index in [2.05, 4.69) is 4.98 Å². The van der Waals surface area contributed by atoms with E-state index in [1.165, 1.54) is 4.90 Å². The lowest BCUT2D eigenvalue weighted by molar-refractivity contribution is -0.135. The molecule has 2 rings (SSSR count). The Labute approximate surface area is 113 Å². The van der Waals surface area contributed by atoms with Crippen molar-refractivity contribution in [3.8, 4) is 0 Å². The van der Waals surface area contributed by atoms with Gasteiger partial charge in [0.05, 0.1) is 6.61 Å². The van der Waals surface area contributed by atoms with Gasteiger partial charge in [0, 0.05) is 25.8 Å². The number of alkyl halides is 1. The summed E-state index contributed by atoms with van der Waals surface area (Å²) in [5.41, 5.74) is -0.249. The zero-order valence-corrected chi connectivity index (χ0v) is 11.6. The van der Waals surface area contributed by atoms with E-state index >= 15 is 0 Å². The van der Waals surface area contributed by atoms with E-state index in [0.717, 1.165) is 11.0 Å². The molecule has 0 N–H and O–H groups in total. The third-order valence-corrected chi connectivity index (χ3v) is 3.29. The van der Waals surface area contributed by atoms with Gasteiger partial charge in [0.1, 0.15) is 13.7 Å². The van der Waals surface area contributed by atoms with Crippen molar-refractivity contribution in [1.29, 1.82) is 0 Å². The number of fused-ring (bicyclic) bond motifs is 1. The van der Waals surface area contributed by atoms with Crippen molar-refractivity contribution in [2.75, 3.05) is 24.7 Å². The molecule has 0 aliphatic carbocycles. The molecule has 0 bridgehead atoms. The Balaban J connectivity index is 2.41. The maximum absolute atomic E-state index is 14.9. The Kier molecular flexibility index (Phi) is 3.89. The molecule has 1 atom stereocenters. The summed E-state index contributed by atoms with van der Waals surface area (Å²) in [7, 11) is 1.91. The maximum Gasteiger partial charge on any atom is 0.268 e. The monoisotopic (exact) mass is 264 g/mol. The van der Waals surface area contributed by atoms with Gasteiger partial charge in [-0.05, 0) is 19.4 Å². The number of hydrogen-bond acceptors (Lipinski definition) is 3. The van der Waals surface area contributed by atoms with Crippen LogP contribution in [0.15, 0.2) is 12.3 Å². The number of aromatic nitrogens is 1. The van der Waals surface area contributed by atoms with Crippen LogP contribution < -0.4 is 10.4 Å². The molecule has 4 nitrogen and oxygen atoms in total. The Morgan fingerprint density at radius 1 is 1.58 bits per heavy atom. The number of nitrogens with zero attached hydrogens (tertiary/aromatic N) is 2. The van der Waals surface area contributed by atoms with Crippen LogP contribution >= 0.6 is 0 Å². The number of amides is 1. The molecule has 102 valence electrons. The van der Waals surface area contributed by atoms with E-state index in [0.29, 0.717) is 19.0 Å². The Hall–Kier alpha value is -1.43. The second kappa shape index (κ2) is 5.29. The third kappa shape index (κ3) is 2.49. The van der Waals surface area contributed by atoms with Gasteiger partial charge in [0.2, 0.25) is 5.67 Å². The van der Waals surface area contributed by atoms with Gasteiger partial charge in [-0.1, -0.05) is 11.5 Å². The van der Waals surface area contributed by atoms with Crippen molar-refractivity contribution in [2.45, 2.75) is 25.9 Å². The minimum Gasteiger partial charge on any atom is -0.378 e. The number of rotatable bonds is 4. The third-order valence-electron chi connectivity index (χ3n) is 3.29. The summed E-state index contributed by atoms with van der Waals surface area (Å²) in [6, 6.07) is 1.89. The SMILES string of the molecule is Bc1cnc2c(c1)CC(F)(COCC)C(=O)N2CC. The molecule has 0 saturated carbocycles. The van der Waals surface area contributed by atoms with Gasteiger partial charge in [0.25, 0.3) is 5.91 Å². The van der Waals surface area contributed by atoms with Gasteiger partial charge in [-0.25, -0.2) is 9.37 Å². The maximum atomic E-state index is 14.9. The van der Waals surface area contributed by atoms with Crippen molar-refractivity contribution >= 4 is 25.0 Å². The molecule has 1 aliphatic heterocycles. The van der Waals surface area contributed by atoms with Crippen molar-refractivity contribution in [1.82, 2.24) is 4.98 Å². The highest BCUT2D eigenvalue weighted by molar-refractivity contribution is 6.32. The fraction of sp³-hybridized carbons (Fsp3) is 0.538. The van der Waals surface area contributed by atoms with Crippen LogP contribution in [0, 0.1) is 0 Å². The zero-order valence-electron chi connectivity index (χ0n) is 11.6. The van der Waals surface area contributed by atoms with Gasteiger partial charge in [-0.15, -0.1) is 0 Å². The average molecular weight is 264 g/mol. The smallest absolute Gasteiger partial charge is 0.268 e. The molecular formula is C13H18BFN2O2. The Morgan fingerprint density at radius 2 is 2.32 bits per heavy atom. The number of carbonyl (C=O) groups is 1. The molecule has 1 aliphatic rings. The first-order valence-corrected chi connectivity index (χ1v) is 6.56. The van der Waals surface area contributed by atoms with Crippen LogP contribution in [-0.2, 0) is 16.0 Å².